The van der Waals surface area contributed by atoms with E-state index >= 15 is 0 Å². The predicted octanol–water partition coefficient (Wildman–Crippen LogP) is 1.88. The maximum atomic E-state index is 13.5. The molecule has 1 heterocycles. The second-order valence-electron chi connectivity index (χ2n) is 6.01. The number of rotatable bonds is 6. The van der Waals surface area contributed by atoms with Gasteiger partial charge in [-0.2, -0.15) is 0 Å². The van der Waals surface area contributed by atoms with Gasteiger partial charge in [0.25, 0.3) is 11.6 Å². The molecule has 150 valence electrons. The number of fused-ring (bicyclic) bond motifs is 1. The number of nitro benzene ring substituents is 1. The average Bonchev–Trinajstić information content (AvgIpc) is 3.01. The monoisotopic (exact) mass is 402 g/mol. The van der Waals surface area contributed by atoms with Crippen LogP contribution in [0.2, 0.25) is 0 Å². The van der Waals surface area contributed by atoms with Crippen LogP contribution in [0.3, 0.4) is 0 Å². The number of nitrogens with zero attached hydrogens (tertiary/aromatic N) is 2. The molecule has 0 radical (unpaired) electrons. The fourth-order valence-electron chi connectivity index (χ4n) is 2.68. The molecule has 11 heteroatoms. The molecule has 29 heavy (non-hydrogen) atoms. The highest BCUT2D eigenvalue weighted by atomic mass is 19.1. The highest BCUT2D eigenvalue weighted by Gasteiger charge is 2.15. The first-order valence-electron chi connectivity index (χ1n) is 8.48. The van der Waals surface area contributed by atoms with Crippen molar-refractivity contribution in [1.82, 2.24) is 15.4 Å². The summed E-state index contributed by atoms with van der Waals surface area (Å²) in [5, 5.41) is 10.8. The average molecular weight is 402 g/mol. The number of oxazole rings is 1. The molecule has 0 aliphatic heterocycles. The number of amides is 2. The molecular weight excluding hydrogens is 387 g/mol. The second kappa shape index (κ2) is 8.33. The van der Waals surface area contributed by atoms with Crippen molar-refractivity contribution in [3.05, 3.63) is 74.5 Å². The van der Waals surface area contributed by atoms with Gasteiger partial charge in [-0.25, -0.2) is 9.18 Å². The quantitative estimate of drug-likeness (QED) is 0.477. The van der Waals surface area contributed by atoms with Gasteiger partial charge in [-0.1, -0.05) is 12.1 Å². The Morgan fingerprint density at radius 3 is 2.66 bits per heavy atom. The lowest BCUT2D eigenvalue weighted by Gasteiger charge is -2.08. The predicted molar refractivity (Wildman–Crippen MR) is 98.4 cm³/mol. The van der Waals surface area contributed by atoms with E-state index in [1.54, 1.807) is 0 Å². The lowest BCUT2D eigenvalue weighted by atomic mass is 10.2. The first-order valence-corrected chi connectivity index (χ1v) is 8.48. The topological polar surface area (TPSA) is 136 Å². The Balaban J connectivity index is 1.55. The molecule has 0 spiro atoms. The van der Waals surface area contributed by atoms with Crippen molar-refractivity contribution in [2.24, 2.45) is 0 Å². The molecule has 0 aliphatic carbocycles. The largest absolute Gasteiger partial charge is 0.419 e. The lowest BCUT2D eigenvalue weighted by molar-refractivity contribution is -0.384. The molecule has 0 saturated heterocycles. The van der Waals surface area contributed by atoms with Gasteiger partial charge in [0.2, 0.25) is 5.91 Å². The smallest absolute Gasteiger partial charge is 0.407 e. The molecule has 0 saturated carbocycles. The molecule has 1 aromatic heterocycles. The third-order valence-electron chi connectivity index (χ3n) is 4.08. The van der Waals surface area contributed by atoms with Crippen molar-refractivity contribution >= 4 is 28.6 Å². The van der Waals surface area contributed by atoms with E-state index in [1.165, 1.54) is 34.9 Å². The fraction of sp³-hybridized carbons (Fsp3) is 0.167. The minimum Gasteiger partial charge on any atom is -0.407 e. The van der Waals surface area contributed by atoms with Crippen molar-refractivity contribution in [2.45, 2.75) is 19.4 Å². The third-order valence-corrected chi connectivity index (χ3v) is 4.08. The highest BCUT2D eigenvalue weighted by molar-refractivity contribution is 5.95. The number of nitrogens with one attached hydrogen (secondary N) is 2. The molecule has 2 amide bonds. The van der Waals surface area contributed by atoms with Crippen LogP contribution in [0.1, 0.15) is 23.2 Å². The Kier molecular flexibility index (Phi) is 5.67. The molecule has 0 fully saturated rings. The molecule has 10 nitrogen and oxygen atoms in total. The summed E-state index contributed by atoms with van der Waals surface area (Å²) < 4.78 is 19.8. The van der Waals surface area contributed by atoms with Crippen LogP contribution in [0.25, 0.3) is 11.1 Å². The number of hydrogen-bond acceptors (Lipinski definition) is 6. The maximum Gasteiger partial charge on any atom is 0.419 e. The summed E-state index contributed by atoms with van der Waals surface area (Å²) in [4.78, 5) is 45.8. The number of aromatic nitrogens is 1. The van der Waals surface area contributed by atoms with Gasteiger partial charge in [-0.3, -0.25) is 35.1 Å². The van der Waals surface area contributed by atoms with E-state index in [9.17, 15) is 28.9 Å². The Morgan fingerprint density at radius 1 is 1.17 bits per heavy atom. The first kappa shape index (κ1) is 19.7. The number of aryl methyl sites for hydroxylation is 1. The first-order chi connectivity index (χ1) is 13.9. The van der Waals surface area contributed by atoms with Gasteiger partial charge >= 0.3 is 5.76 Å². The third kappa shape index (κ3) is 4.46. The number of benzene rings is 2. The Bertz CT molecular complexity index is 1150. The van der Waals surface area contributed by atoms with Gasteiger partial charge < -0.3 is 4.42 Å². The number of carbonyl (C=O) groups excluding carboxylic acids is 2. The molecule has 0 unspecified atom stereocenters. The standard InChI is InChI=1S/C18H15FN4O6/c19-13-5-2-1-4-12(13)17(25)21-20-16(24)6-3-9-22-14-8-7-11(23(27)28)10-15(14)29-18(22)26/h1-2,4-5,7-8,10H,3,6,9H2,(H,20,24)(H,21,25). The van der Waals surface area contributed by atoms with Crippen LogP contribution < -0.4 is 16.6 Å². The van der Waals surface area contributed by atoms with Crippen molar-refractivity contribution in [2.75, 3.05) is 0 Å². The minimum absolute atomic E-state index is 0.0380. The fourth-order valence-corrected chi connectivity index (χ4v) is 2.68. The van der Waals surface area contributed by atoms with E-state index in [0.717, 1.165) is 12.1 Å². The molecule has 0 atom stereocenters. The van der Waals surface area contributed by atoms with Crippen molar-refractivity contribution < 1.29 is 23.3 Å². The van der Waals surface area contributed by atoms with Crippen molar-refractivity contribution in [3.63, 3.8) is 0 Å². The maximum absolute atomic E-state index is 13.5. The summed E-state index contributed by atoms with van der Waals surface area (Å²) in [5.41, 5.74) is 4.31. The summed E-state index contributed by atoms with van der Waals surface area (Å²) in [6.45, 7) is 0.123. The summed E-state index contributed by atoms with van der Waals surface area (Å²) in [6.07, 6.45) is 0.191. The molecule has 3 rings (SSSR count). The van der Waals surface area contributed by atoms with Crippen LogP contribution in [0.4, 0.5) is 10.1 Å². The second-order valence-corrected chi connectivity index (χ2v) is 6.01. The lowest BCUT2D eigenvalue weighted by Crippen LogP contribution is -2.41. The van der Waals surface area contributed by atoms with Crippen LogP contribution in [0, 0.1) is 15.9 Å². The van der Waals surface area contributed by atoms with Gasteiger partial charge in [0, 0.05) is 19.0 Å². The zero-order valence-corrected chi connectivity index (χ0v) is 14.9. The van der Waals surface area contributed by atoms with E-state index in [-0.39, 0.29) is 36.2 Å². The Morgan fingerprint density at radius 2 is 1.93 bits per heavy atom. The van der Waals surface area contributed by atoms with Crippen molar-refractivity contribution in [3.8, 4) is 0 Å². The zero-order chi connectivity index (χ0) is 21.0. The summed E-state index contributed by atoms with van der Waals surface area (Å²) in [5.74, 6) is -2.75. The number of hydrogen-bond donors (Lipinski definition) is 2. The van der Waals surface area contributed by atoms with E-state index in [0.29, 0.717) is 5.52 Å². The van der Waals surface area contributed by atoms with Gasteiger partial charge in [0.15, 0.2) is 5.58 Å². The number of non-ortho nitro benzene ring substituents is 1. The highest BCUT2D eigenvalue weighted by Crippen LogP contribution is 2.20. The number of hydrazine groups is 1. The van der Waals surface area contributed by atoms with Crippen LogP contribution in [-0.4, -0.2) is 21.3 Å². The number of halogens is 1. The van der Waals surface area contributed by atoms with E-state index in [4.69, 9.17) is 4.42 Å². The van der Waals surface area contributed by atoms with Gasteiger partial charge in [-0.05, 0) is 24.6 Å². The van der Waals surface area contributed by atoms with Crippen LogP contribution in [-0.2, 0) is 11.3 Å². The minimum atomic E-state index is -0.796. The Hall–Kier alpha value is -4.02. The molecule has 0 aliphatic rings. The normalized spacial score (nSPS) is 10.7. The molecule has 3 aromatic rings. The number of nitro groups is 1. The van der Waals surface area contributed by atoms with Crippen LogP contribution in [0.5, 0.6) is 0 Å². The summed E-state index contributed by atoms with van der Waals surface area (Å²) >= 11 is 0. The number of carbonyl (C=O) groups is 2. The van der Waals surface area contributed by atoms with Crippen LogP contribution in [0.15, 0.2) is 51.7 Å². The zero-order valence-electron chi connectivity index (χ0n) is 14.9. The van der Waals surface area contributed by atoms with Crippen LogP contribution >= 0.6 is 0 Å². The van der Waals surface area contributed by atoms with Gasteiger partial charge in [0.1, 0.15) is 5.82 Å². The summed E-state index contributed by atoms with van der Waals surface area (Å²) in [7, 11) is 0. The van der Waals surface area contributed by atoms with E-state index in [1.807, 2.05) is 0 Å². The SMILES string of the molecule is O=C(CCCn1c(=O)oc2cc([N+](=O)[O-])ccc21)NNC(=O)c1ccccc1F. The summed E-state index contributed by atoms with van der Waals surface area (Å²) in [6, 6.07) is 9.12. The molecule has 2 aromatic carbocycles. The molecule has 2 N–H and O–H groups in total. The van der Waals surface area contributed by atoms with Gasteiger partial charge in [0.05, 0.1) is 22.1 Å². The van der Waals surface area contributed by atoms with Gasteiger partial charge in [-0.15, -0.1) is 0 Å². The van der Waals surface area contributed by atoms with E-state index in [2.05, 4.69) is 10.9 Å². The molecular formula is C18H15FN4O6. The van der Waals surface area contributed by atoms with E-state index < -0.39 is 28.3 Å². The van der Waals surface area contributed by atoms with Crippen molar-refractivity contribution in [1.29, 1.82) is 0 Å². The Labute approximate surface area is 162 Å². The molecule has 0 bridgehead atoms.